The number of hydrogen-bond donors (Lipinski definition) is 2. The van der Waals surface area contributed by atoms with Gasteiger partial charge in [-0.1, -0.05) is 159 Å². The van der Waals surface area contributed by atoms with Crippen LogP contribution in [0, 0.1) is 5.92 Å². The Morgan fingerprint density at radius 3 is 1.84 bits per heavy atom. The summed E-state index contributed by atoms with van der Waals surface area (Å²) in [5.74, 6) is 0.327. The maximum atomic E-state index is 12.5. The first-order valence-electron chi connectivity index (χ1n) is 20.2. The van der Waals surface area contributed by atoms with Gasteiger partial charge in [-0.15, -0.1) is 0 Å². The Morgan fingerprint density at radius 2 is 1.24 bits per heavy atom. The van der Waals surface area contributed by atoms with Crippen LogP contribution in [-0.2, 0) is 27.4 Å². The lowest BCUT2D eigenvalue weighted by Crippen LogP contribution is -2.45. The van der Waals surface area contributed by atoms with Crippen molar-refractivity contribution in [3.63, 3.8) is 0 Å². The minimum Gasteiger partial charge on any atom is -0.392 e. The molecule has 6 nitrogen and oxygen atoms in total. The number of rotatable bonds is 21. The van der Waals surface area contributed by atoms with Crippen LogP contribution in [0.15, 0.2) is 48.5 Å². The molecule has 0 aliphatic carbocycles. The molecule has 1 amide bonds. The van der Waals surface area contributed by atoms with Gasteiger partial charge in [-0.25, -0.2) is 0 Å². The van der Waals surface area contributed by atoms with Crippen LogP contribution in [0.5, 0.6) is 0 Å². The molecule has 1 unspecified atom stereocenters. The number of benzene rings is 2. The molecule has 0 radical (unpaired) electrons. The summed E-state index contributed by atoms with van der Waals surface area (Å²) in [5, 5.41) is 12.7. The molecule has 2 saturated heterocycles. The fraction of sp³-hybridized carbons (Fsp3) is 0.698. The Morgan fingerprint density at radius 1 is 0.714 bits per heavy atom. The normalized spacial score (nSPS) is 22.0. The van der Waals surface area contributed by atoms with E-state index >= 15 is 0 Å². The first kappa shape index (κ1) is 39.5. The van der Waals surface area contributed by atoms with Crippen LogP contribution in [0.25, 0.3) is 0 Å². The molecule has 0 saturated carbocycles. The van der Waals surface area contributed by atoms with Gasteiger partial charge in [-0.05, 0) is 49.0 Å². The predicted octanol–water partition coefficient (Wildman–Crippen LogP) is 10.3. The van der Waals surface area contributed by atoms with Crippen LogP contribution >= 0.6 is 0 Å². The zero-order valence-electron chi connectivity index (χ0n) is 31.0. The number of carbonyl (C=O) groups excluding carboxylic acids is 1. The van der Waals surface area contributed by atoms with Crippen LogP contribution in [0.3, 0.4) is 0 Å². The summed E-state index contributed by atoms with van der Waals surface area (Å²) in [6, 6.07) is 16.5. The van der Waals surface area contributed by atoms with E-state index in [1.165, 1.54) is 103 Å². The molecular weight excluding hydrogens is 608 g/mol. The second kappa shape index (κ2) is 23.3. The topological polar surface area (TPSA) is 71.0 Å². The molecule has 2 heterocycles. The quantitative estimate of drug-likeness (QED) is 0.129. The lowest BCUT2D eigenvalue weighted by Gasteiger charge is -2.43. The first-order valence-corrected chi connectivity index (χ1v) is 20.2. The number of aliphatic hydroxyl groups is 1. The summed E-state index contributed by atoms with van der Waals surface area (Å²) < 4.78 is 13.4. The third kappa shape index (κ3) is 14.5. The molecule has 2 fully saturated rings. The monoisotopic (exact) mass is 677 g/mol. The van der Waals surface area contributed by atoms with Crippen LogP contribution in [0.4, 0.5) is 0 Å². The lowest BCUT2D eigenvalue weighted by atomic mass is 9.89. The number of nitrogens with one attached hydrogen (secondary N) is 1. The fourth-order valence-electron chi connectivity index (χ4n) is 7.46. The molecule has 2 aliphatic rings. The molecule has 2 aliphatic heterocycles. The van der Waals surface area contributed by atoms with E-state index in [0.29, 0.717) is 13.0 Å². The maximum Gasteiger partial charge on any atom is 0.220 e. The second-order valence-corrected chi connectivity index (χ2v) is 14.9. The number of amides is 1. The largest absolute Gasteiger partial charge is 0.392 e. The zero-order valence-corrected chi connectivity index (χ0v) is 31.0. The van der Waals surface area contributed by atoms with Crippen LogP contribution in [0.2, 0.25) is 0 Å². The molecule has 2 N–H and O–H groups in total. The van der Waals surface area contributed by atoms with Crippen molar-refractivity contribution in [3.05, 3.63) is 70.8 Å². The van der Waals surface area contributed by atoms with Gasteiger partial charge in [0.05, 0.1) is 18.8 Å². The van der Waals surface area contributed by atoms with Crippen LogP contribution in [-0.4, -0.2) is 41.7 Å². The van der Waals surface area contributed by atoms with E-state index in [2.05, 4.69) is 60.5 Å². The van der Waals surface area contributed by atoms with Gasteiger partial charge in [0.25, 0.3) is 0 Å². The van der Waals surface area contributed by atoms with E-state index in [4.69, 9.17) is 9.47 Å². The standard InChI is InChI=1S/C43H68N2O4/c1-3-4-5-6-7-8-9-10-11-12-13-15-18-21-41(47)44-32-36-22-28-39(29-23-36)43-48-40(33-45-30-19-16-14-17-20-31-45)35(2)42(49-43)38-26-24-37(34-46)25-27-38/h22-29,35,40,42-43,46H,3-21,30-34H2,1-2H3,(H,44,47)/t35-,40+,42+,43?/m0/s1. The number of hydrogen-bond acceptors (Lipinski definition) is 5. The number of unbranched alkanes of at least 4 members (excludes halogenated alkanes) is 12. The molecule has 0 aromatic heterocycles. The smallest absolute Gasteiger partial charge is 0.220 e. The zero-order chi connectivity index (χ0) is 34.5. The molecular formula is C43H68N2O4. The molecule has 2 aromatic carbocycles. The Kier molecular flexibility index (Phi) is 18.8. The first-order chi connectivity index (χ1) is 24.1. The van der Waals surface area contributed by atoms with E-state index in [-0.39, 0.29) is 30.6 Å². The number of nitrogens with zero attached hydrogens (tertiary/aromatic N) is 1. The van der Waals surface area contributed by atoms with Crippen molar-refractivity contribution in [1.82, 2.24) is 10.2 Å². The summed E-state index contributed by atoms with van der Waals surface area (Å²) in [5.41, 5.74) is 4.12. The number of aliphatic hydroxyl groups excluding tert-OH is 1. The third-order valence-electron chi connectivity index (χ3n) is 10.8. The van der Waals surface area contributed by atoms with Gasteiger partial charge in [0.15, 0.2) is 6.29 Å². The van der Waals surface area contributed by atoms with Gasteiger partial charge in [-0.2, -0.15) is 0 Å². The highest BCUT2D eigenvalue weighted by Gasteiger charge is 2.39. The Bertz CT molecular complexity index is 1150. The fourth-order valence-corrected chi connectivity index (χ4v) is 7.46. The van der Waals surface area contributed by atoms with Crippen molar-refractivity contribution in [2.24, 2.45) is 5.92 Å². The van der Waals surface area contributed by atoms with E-state index in [1.54, 1.807) is 0 Å². The highest BCUT2D eigenvalue weighted by molar-refractivity contribution is 5.75. The molecule has 49 heavy (non-hydrogen) atoms. The third-order valence-corrected chi connectivity index (χ3v) is 10.8. The van der Waals surface area contributed by atoms with Crippen LogP contribution in [0.1, 0.15) is 170 Å². The lowest BCUT2D eigenvalue weighted by molar-refractivity contribution is -0.276. The minimum absolute atomic E-state index is 0.0386. The van der Waals surface area contributed by atoms with E-state index < -0.39 is 6.29 Å². The van der Waals surface area contributed by atoms with Gasteiger partial charge in [-0.3, -0.25) is 4.79 Å². The predicted molar refractivity (Wildman–Crippen MR) is 201 cm³/mol. The van der Waals surface area contributed by atoms with Gasteiger partial charge in [0.1, 0.15) is 0 Å². The van der Waals surface area contributed by atoms with Crippen molar-refractivity contribution in [2.45, 2.75) is 167 Å². The van der Waals surface area contributed by atoms with Gasteiger partial charge in [0, 0.05) is 31.0 Å². The van der Waals surface area contributed by atoms with Crippen molar-refractivity contribution in [1.29, 1.82) is 0 Å². The van der Waals surface area contributed by atoms with Gasteiger partial charge >= 0.3 is 0 Å². The number of ether oxygens (including phenoxy) is 2. The van der Waals surface area contributed by atoms with Gasteiger partial charge < -0.3 is 24.8 Å². The summed E-state index contributed by atoms with van der Waals surface area (Å²) in [7, 11) is 0. The Labute approximate surface area is 298 Å². The van der Waals surface area contributed by atoms with E-state index in [1.807, 2.05) is 12.1 Å². The molecule has 6 heteroatoms. The molecule has 2 aromatic rings. The second-order valence-electron chi connectivity index (χ2n) is 14.9. The summed E-state index contributed by atoms with van der Waals surface area (Å²) >= 11 is 0. The van der Waals surface area contributed by atoms with Crippen molar-refractivity contribution < 1.29 is 19.4 Å². The van der Waals surface area contributed by atoms with Gasteiger partial charge in [0.2, 0.25) is 5.91 Å². The van der Waals surface area contributed by atoms with E-state index in [0.717, 1.165) is 54.7 Å². The SMILES string of the molecule is CCCCCCCCCCCCCCCC(=O)NCc1ccc(C2O[C@H](CN3CCCCCCC3)[C@H](C)[C@H](c3ccc(CO)cc3)O2)cc1. The Balaban J connectivity index is 1.20. The van der Waals surface area contributed by atoms with E-state index in [9.17, 15) is 9.90 Å². The Hall–Kier alpha value is -2.25. The average Bonchev–Trinajstić information content (AvgIpc) is 3.11. The molecule has 0 spiro atoms. The summed E-state index contributed by atoms with van der Waals surface area (Å²) in [4.78, 5) is 15.1. The molecule has 0 bridgehead atoms. The molecule has 274 valence electrons. The summed E-state index contributed by atoms with van der Waals surface area (Å²) in [6.45, 7) is 8.28. The van der Waals surface area contributed by atoms with Crippen molar-refractivity contribution in [3.8, 4) is 0 Å². The van der Waals surface area contributed by atoms with Crippen LogP contribution < -0.4 is 5.32 Å². The van der Waals surface area contributed by atoms with Crippen molar-refractivity contribution >= 4 is 5.91 Å². The average molecular weight is 677 g/mol. The number of likely N-dealkylation sites (tertiary alicyclic amines) is 1. The highest BCUT2D eigenvalue weighted by atomic mass is 16.7. The van der Waals surface area contributed by atoms with Crippen molar-refractivity contribution in [2.75, 3.05) is 19.6 Å². The molecule has 4 atom stereocenters. The maximum absolute atomic E-state index is 12.5. The number of carbonyl (C=O) groups is 1. The molecule has 4 rings (SSSR count). The summed E-state index contributed by atoms with van der Waals surface area (Å²) in [6.07, 6.45) is 23.7. The minimum atomic E-state index is -0.460. The highest BCUT2D eigenvalue weighted by Crippen LogP contribution is 2.42.